The fourth-order valence-electron chi connectivity index (χ4n) is 4.03. The number of halogens is 1. The van der Waals surface area contributed by atoms with Crippen LogP contribution < -0.4 is 5.17 Å². The van der Waals surface area contributed by atoms with Gasteiger partial charge in [-0.3, -0.25) is 14.6 Å². The molecule has 1 unspecified atom stereocenters. The minimum Gasteiger partial charge on any atom is -0.600 e. The smallest absolute Gasteiger partial charge is 0.331 e. The molecule has 13 heteroatoms. The number of hydroxylamine groups is 1. The van der Waals surface area contributed by atoms with Gasteiger partial charge in [-0.25, -0.2) is 8.42 Å². The number of rotatable bonds is 4. The topological polar surface area (TPSA) is 140 Å². The fraction of sp³-hybridized carbons (Fsp3) is 0.174. The summed E-state index contributed by atoms with van der Waals surface area (Å²) in [6.07, 6.45) is 2.89. The Labute approximate surface area is 210 Å². The summed E-state index contributed by atoms with van der Waals surface area (Å²) in [5.74, 6) is -2.14. The number of carbonyl (C=O) groups excluding carboxylic acids is 2. The molecular weight excluding hydrogens is 508 g/mol. The number of sulfonamides is 1. The molecule has 184 valence electrons. The van der Waals surface area contributed by atoms with Crippen LogP contribution in [-0.2, 0) is 19.6 Å². The largest absolute Gasteiger partial charge is 0.600 e. The van der Waals surface area contributed by atoms with Crippen LogP contribution in [-0.4, -0.2) is 72.1 Å². The van der Waals surface area contributed by atoms with E-state index >= 15 is 0 Å². The zero-order valence-electron chi connectivity index (χ0n) is 18.7. The van der Waals surface area contributed by atoms with Gasteiger partial charge in [0.15, 0.2) is 5.71 Å². The lowest BCUT2D eigenvalue weighted by atomic mass is 10.1. The molecule has 2 aliphatic heterocycles. The molecule has 11 nitrogen and oxygen atoms in total. The predicted molar refractivity (Wildman–Crippen MR) is 132 cm³/mol. The number of amidine groups is 1. The van der Waals surface area contributed by atoms with Crippen molar-refractivity contribution in [3.05, 3.63) is 76.7 Å². The molecule has 1 N–H and O–H groups in total. The standard InChI is InChI=1S/C23H19ClN6O5S/c24-18-3-1-17-14-19(4-2-16(17)13-18)36(34,35)29-11-9-28(10-12-29)23(32)21-26-22(31)20(27-30(21)33)15-5-7-25-8-6-15/h1-8,13-14,30H,9-12H2. The van der Waals surface area contributed by atoms with Crippen molar-refractivity contribution in [3.8, 4) is 0 Å². The summed E-state index contributed by atoms with van der Waals surface area (Å²) in [4.78, 5) is 34.3. The number of quaternary nitrogens is 1. The Hall–Kier alpha value is -3.55. The van der Waals surface area contributed by atoms with Crippen LogP contribution in [0, 0.1) is 5.21 Å². The van der Waals surface area contributed by atoms with Gasteiger partial charge in [0.2, 0.25) is 10.0 Å². The number of aromatic nitrogens is 1. The number of nitrogens with one attached hydrogen (secondary N) is 1. The Balaban J connectivity index is 1.28. The number of hydrogen-bond donors (Lipinski definition) is 1. The lowest BCUT2D eigenvalue weighted by Gasteiger charge is -2.34. The van der Waals surface area contributed by atoms with E-state index in [0.29, 0.717) is 10.6 Å². The van der Waals surface area contributed by atoms with Gasteiger partial charge in [0.1, 0.15) is 0 Å². The molecule has 0 radical (unpaired) electrons. The highest BCUT2D eigenvalue weighted by atomic mass is 35.5. The molecule has 0 saturated carbocycles. The van der Waals surface area contributed by atoms with Crippen molar-refractivity contribution in [2.75, 3.05) is 26.2 Å². The number of pyridine rings is 1. The monoisotopic (exact) mass is 526 g/mol. The van der Waals surface area contributed by atoms with E-state index in [9.17, 15) is 23.2 Å². The van der Waals surface area contributed by atoms with Crippen LogP contribution in [0.25, 0.3) is 10.8 Å². The molecule has 1 aromatic heterocycles. The lowest BCUT2D eigenvalue weighted by Crippen LogP contribution is -3.08. The van der Waals surface area contributed by atoms with Gasteiger partial charge in [-0.05, 0) is 47.2 Å². The van der Waals surface area contributed by atoms with Gasteiger partial charge in [0, 0.05) is 49.2 Å². The van der Waals surface area contributed by atoms with Crippen LogP contribution >= 0.6 is 11.6 Å². The maximum absolute atomic E-state index is 13.2. The Kier molecular flexibility index (Phi) is 6.36. The molecule has 2 amide bonds. The first-order chi connectivity index (χ1) is 17.2. The average molecular weight is 527 g/mol. The van der Waals surface area contributed by atoms with Crippen LogP contribution in [0.5, 0.6) is 0 Å². The minimum atomic E-state index is -3.81. The van der Waals surface area contributed by atoms with Gasteiger partial charge in [0.25, 0.3) is 0 Å². The Bertz CT molecular complexity index is 1540. The van der Waals surface area contributed by atoms with E-state index in [-0.39, 0.29) is 36.8 Å². The second kappa shape index (κ2) is 9.48. The molecule has 3 aromatic rings. The fourth-order valence-corrected chi connectivity index (χ4v) is 5.67. The molecule has 0 aliphatic carbocycles. The lowest BCUT2D eigenvalue weighted by molar-refractivity contribution is -0.753. The van der Waals surface area contributed by atoms with Crippen LogP contribution in [0.4, 0.5) is 0 Å². The predicted octanol–water partition coefficient (Wildman–Crippen LogP) is 0.447. The van der Waals surface area contributed by atoms with Crippen LogP contribution in [0.1, 0.15) is 5.56 Å². The van der Waals surface area contributed by atoms with E-state index in [1.54, 1.807) is 30.3 Å². The number of nitrogens with zero attached hydrogens (tertiary/aromatic N) is 5. The maximum atomic E-state index is 13.2. The molecule has 1 atom stereocenters. The highest BCUT2D eigenvalue weighted by Crippen LogP contribution is 2.25. The molecule has 36 heavy (non-hydrogen) atoms. The zero-order valence-corrected chi connectivity index (χ0v) is 20.2. The Morgan fingerprint density at radius 1 is 0.972 bits per heavy atom. The summed E-state index contributed by atoms with van der Waals surface area (Å²) in [5, 5.41) is 17.5. The van der Waals surface area contributed by atoms with Gasteiger partial charge >= 0.3 is 17.6 Å². The highest BCUT2D eigenvalue weighted by molar-refractivity contribution is 7.89. The van der Waals surface area contributed by atoms with Crippen LogP contribution in [0.15, 0.2) is 75.9 Å². The molecule has 2 aromatic carbocycles. The first kappa shape index (κ1) is 24.2. The van der Waals surface area contributed by atoms with Crippen molar-refractivity contribution >= 4 is 55.8 Å². The summed E-state index contributed by atoms with van der Waals surface area (Å²) < 4.78 is 27.7. The molecule has 0 bridgehead atoms. The van der Waals surface area contributed by atoms with Gasteiger partial charge in [-0.15, -0.1) is 4.99 Å². The van der Waals surface area contributed by atoms with Crippen molar-refractivity contribution in [3.63, 3.8) is 0 Å². The summed E-state index contributed by atoms with van der Waals surface area (Å²) >= 11 is 6.00. The van der Waals surface area contributed by atoms with Crippen molar-refractivity contribution in [1.29, 1.82) is 0 Å². The Morgan fingerprint density at radius 3 is 2.36 bits per heavy atom. The van der Waals surface area contributed by atoms with Crippen molar-refractivity contribution in [1.82, 2.24) is 14.2 Å². The summed E-state index contributed by atoms with van der Waals surface area (Å²) in [5.41, 5.74) is 0.210. The Morgan fingerprint density at radius 2 is 1.64 bits per heavy atom. The van der Waals surface area contributed by atoms with Crippen LogP contribution in [0.3, 0.4) is 0 Å². The SMILES string of the molecule is O=C1N=C(C(=O)N2CCN(S(=O)(=O)c3ccc4cc(Cl)ccc4c3)CC2)[NH+]([O-])N=C1c1ccncc1. The third-order valence-electron chi connectivity index (χ3n) is 5.93. The number of benzene rings is 2. The minimum absolute atomic E-state index is 0.0215. The van der Waals surface area contributed by atoms with E-state index < -0.39 is 32.8 Å². The summed E-state index contributed by atoms with van der Waals surface area (Å²) in [6, 6.07) is 13.0. The molecule has 5 rings (SSSR count). The van der Waals surface area contributed by atoms with Crippen molar-refractivity contribution in [2.45, 2.75) is 4.90 Å². The number of fused-ring (bicyclic) bond motifs is 1. The third-order valence-corrected chi connectivity index (χ3v) is 8.06. The molecule has 3 heterocycles. The quantitative estimate of drug-likeness (QED) is 0.489. The van der Waals surface area contributed by atoms with Gasteiger partial charge in [-0.1, -0.05) is 28.8 Å². The normalized spacial score (nSPS) is 19.2. The molecule has 0 spiro atoms. The molecule has 1 fully saturated rings. The average Bonchev–Trinajstić information content (AvgIpc) is 2.89. The number of piperazine rings is 1. The second-order valence-electron chi connectivity index (χ2n) is 8.12. The number of hydrogen-bond acceptors (Lipinski definition) is 7. The van der Waals surface area contributed by atoms with Gasteiger partial charge in [-0.2, -0.15) is 9.48 Å². The van der Waals surface area contributed by atoms with Gasteiger partial charge in [0.05, 0.1) is 4.90 Å². The second-order valence-corrected chi connectivity index (χ2v) is 10.5. The van der Waals surface area contributed by atoms with E-state index in [1.807, 2.05) is 0 Å². The number of aliphatic imine (C=N–C) groups is 1. The van der Waals surface area contributed by atoms with Crippen LogP contribution in [0.2, 0.25) is 5.02 Å². The summed E-state index contributed by atoms with van der Waals surface area (Å²) in [7, 11) is -3.81. The van der Waals surface area contributed by atoms with Crippen molar-refractivity contribution in [2.24, 2.45) is 10.1 Å². The van der Waals surface area contributed by atoms with E-state index in [2.05, 4.69) is 15.1 Å². The number of carbonyl (C=O) groups is 2. The molecular formula is C23H19ClN6O5S. The first-order valence-corrected chi connectivity index (χ1v) is 12.7. The van der Waals surface area contributed by atoms with E-state index in [4.69, 9.17) is 11.6 Å². The molecule has 1 saturated heterocycles. The third kappa shape index (κ3) is 4.52. The summed E-state index contributed by atoms with van der Waals surface area (Å²) in [6.45, 7) is 0.104. The van der Waals surface area contributed by atoms with Gasteiger partial charge < -0.3 is 10.1 Å². The highest BCUT2D eigenvalue weighted by Gasteiger charge is 2.36. The first-order valence-electron chi connectivity index (χ1n) is 10.9. The van der Waals surface area contributed by atoms with Crippen molar-refractivity contribution < 1.29 is 23.2 Å². The molecule has 2 aliphatic rings. The number of amides is 2. The zero-order chi connectivity index (χ0) is 25.4. The van der Waals surface area contributed by atoms with E-state index in [1.165, 1.54) is 39.8 Å². The maximum Gasteiger partial charge on any atom is 0.331 e. The van der Waals surface area contributed by atoms with E-state index in [0.717, 1.165) is 10.8 Å².